The molecule has 2 rings (SSSR count). The van der Waals surface area contributed by atoms with Gasteiger partial charge in [-0.3, -0.25) is 10.1 Å². The normalized spacial score (nSPS) is 10.2. The summed E-state index contributed by atoms with van der Waals surface area (Å²) in [4.78, 5) is 21.4. The molecule has 0 radical (unpaired) electrons. The van der Waals surface area contributed by atoms with E-state index in [0.29, 0.717) is 5.56 Å². The Hall–Kier alpha value is -2.41. The minimum absolute atomic E-state index is 0.187. The molecule has 0 saturated carbocycles. The van der Waals surface area contributed by atoms with Gasteiger partial charge in [-0.15, -0.1) is 5.75 Å². The maximum absolute atomic E-state index is 11.1. The number of nitrogens with zero attached hydrogens (tertiary/aromatic N) is 1. The Morgan fingerprint density at radius 2 is 1.80 bits per heavy atom. The van der Waals surface area contributed by atoms with Crippen LogP contribution in [-0.4, -0.2) is 16.0 Å². The van der Waals surface area contributed by atoms with Gasteiger partial charge < -0.3 is 10.2 Å². The lowest BCUT2D eigenvalue weighted by atomic mass is 10.0. The monoisotopic (exact) mass is 336 g/mol. The van der Waals surface area contributed by atoms with Gasteiger partial charge in [0, 0.05) is 10.5 Å². The number of rotatable bonds is 3. The van der Waals surface area contributed by atoms with Crippen LogP contribution in [0.2, 0.25) is 0 Å². The summed E-state index contributed by atoms with van der Waals surface area (Å²) in [6.45, 7) is 0. The number of halogens is 1. The number of aromatic carboxylic acids is 1. The molecule has 1 N–H and O–H groups in total. The Balaban J connectivity index is 2.71. The second-order valence-electron chi connectivity index (χ2n) is 3.94. The first-order valence-electron chi connectivity index (χ1n) is 5.39. The highest BCUT2D eigenvalue weighted by Gasteiger charge is 2.22. The van der Waals surface area contributed by atoms with Gasteiger partial charge in [-0.25, -0.2) is 4.79 Å². The number of carbonyl (C=O) groups is 1. The van der Waals surface area contributed by atoms with Crippen molar-refractivity contribution >= 4 is 27.6 Å². The predicted molar refractivity (Wildman–Crippen MR) is 72.6 cm³/mol. The van der Waals surface area contributed by atoms with Gasteiger partial charge in [0.15, 0.2) is 0 Å². The Morgan fingerprint density at radius 3 is 2.30 bits per heavy atom. The van der Waals surface area contributed by atoms with E-state index in [2.05, 4.69) is 15.9 Å². The van der Waals surface area contributed by atoms with Gasteiger partial charge in [-0.2, -0.15) is 0 Å². The molecule has 0 atom stereocenters. The van der Waals surface area contributed by atoms with E-state index in [1.54, 1.807) is 0 Å². The third-order valence-corrected chi connectivity index (χ3v) is 3.28. The second-order valence-corrected chi connectivity index (χ2v) is 4.79. The van der Waals surface area contributed by atoms with Crippen LogP contribution in [0.15, 0.2) is 40.9 Å². The third-order valence-electron chi connectivity index (χ3n) is 2.66. The second kappa shape index (κ2) is 5.30. The SMILES string of the molecule is O=C(O)c1cc(Br)c(-c2ccc([O-])cc2)c([N+](=O)[O-])c1. The van der Waals surface area contributed by atoms with Gasteiger partial charge in [0.05, 0.1) is 16.1 Å². The molecule has 0 fully saturated rings. The first-order valence-corrected chi connectivity index (χ1v) is 6.18. The van der Waals surface area contributed by atoms with Crippen molar-refractivity contribution in [2.45, 2.75) is 0 Å². The maximum Gasteiger partial charge on any atom is 0.335 e. The van der Waals surface area contributed by atoms with E-state index in [1.807, 2.05) is 0 Å². The number of carboxylic acids is 1. The molecule has 0 amide bonds. The summed E-state index contributed by atoms with van der Waals surface area (Å²) in [7, 11) is 0. The topological polar surface area (TPSA) is 104 Å². The molecular weight excluding hydrogens is 330 g/mol. The zero-order valence-electron chi connectivity index (χ0n) is 9.87. The number of benzene rings is 2. The number of nitro benzene ring substituents is 1. The van der Waals surface area contributed by atoms with Crippen LogP contribution in [0.4, 0.5) is 5.69 Å². The average molecular weight is 337 g/mol. The largest absolute Gasteiger partial charge is 0.872 e. The zero-order valence-corrected chi connectivity index (χ0v) is 11.5. The van der Waals surface area contributed by atoms with Crippen molar-refractivity contribution in [3.05, 3.63) is 56.5 Å². The summed E-state index contributed by atoms with van der Waals surface area (Å²) in [6.07, 6.45) is 0. The molecule has 102 valence electrons. The third kappa shape index (κ3) is 2.62. The first kappa shape index (κ1) is 14.0. The van der Waals surface area contributed by atoms with Gasteiger partial charge in [-0.05, 0) is 27.6 Å². The quantitative estimate of drug-likeness (QED) is 0.685. The molecule has 2 aromatic rings. The van der Waals surface area contributed by atoms with Crippen LogP contribution in [-0.2, 0) is 0 Å². The summed E-state index contributed by atoms with van der Waals surface area (Å²) in [5.74, 6) is -1.47. The molecule has 0 heterocycles. The van der Waals surface area contributed by atoms with Gasteiger partial charge in [0.25, 0.3) is 5.69 Å². The molecule has 0 aromatic heterocycles. The van der Waals surface area contributed by atoms with Gasteiger partial charge in [-0.1, -0.05) is 24.3 Å². The van der Waals surface area contributed by atoms with E-state index in [9.17, 15) is 20.0 Å². The number of hydrogen-bond donors (Lipinski definition) is 1. The molecule has 2 aromatic carbocycles. The van der Waals surface area contributed by atoms with Crippen LogP contribution in [0, 0.1) is 10.1 Å². The molecule has 0 aliphatic carbocycles. The fourth-order valence-electron chi connectivity index (χ4n) is 1.77. The van der Waals surface area contributed by atoms with E-state index in [1.165, 1.54) is 30.3 Å². The molecule has 0 unspecified atom stereocenters. The first-order chi connectivity index (χ1) is 9.40. The van der Waals surface area contributed by atoms with Gasteiger partial charge >= 0.3 is 5.97 Å². The van der Waals surface area contributed by atoms with Crippen molar-refractivity contribution in [3.63, 3.8) is 0 Å². The van der Waals surface area contributed by atoms with Gasteiger partial charge in [0.1, 0.15) is 0 Å². The van der Waals surface area contributed by atoms with Gasteiger partial charge in [0.2, 0.25) is 0 Å². The summed E-state index contributed by atoms with van der Waals surface area (Å²) in [5, 5.41) is 31.1. The highest BCUT2D eigenvalue weighted by atomic mass is 79.9. The zero-order chi connectivity index (χ0) is 14.9. The molecule has 6 nitrogen and oxygen atoms in total. The van der Waals surface area contributed by atoms with Crippen LogP contribution >= 0.6 is 15.9 Å². The van der Waals surface area contributed by atoms with Crippen molar-refractivity contribution in [2.24, 2.45) is 0 Å². The lowest BCUT2D eigenvalue weighted by Gasteiger charge is -2.10. The van der Waals surface area contributed by atoms with E-state index >= 15 is 0 Å². The molecule has 20 heavy (non-hydrogen) atoms. The van der Waals surface area contributed by atoms with Crippen molar-refractivity contribution in [2.75, 3.05) is 0 Å². The smallest absolute Gasteiger partial charge is 0.335 e. The Labute approximate surface area is 121 Å². The summed E-state index contributed by atoms with van der Waals surface area (Å²) >= 11 is 3.14. The minimum atomic E-state index is -1.25. The van der Waals surface area contributed by atoms with Crippen LogP contribution in [0.1, 0.15) is 10.4 Å². The van der Waals surface area contributed by atoms with Crippen molar-refractivity contribution < 1.29 is 19.9 Å². The molecule has 7 heteroatoms. The fourth-order valence-corrected chi connectivity index (χ4v) is 2.45. The Morgan fingerprint density at radius 1 is 1.20 bits per heavy atom. The lowest BCUT2D eigenvalue weighted by molar-refractivity contribution is -0.384. The van der Waals surface area contributed by atoms with Crippen LogP contribution < -0.4 is 5.11 Å². The van der Waals surface area contributed by atoms with Crippen LogP contribution in [0.3, 0.4) is 0 Å². The lowest BCUT2D eigenvalue weighted by Crippen LogP contribution is -2.01. The van der Waals surface area contributed by atoms with E-state index in [-0.39, 0.29) is 27.0 Å². The van der Waals surface area contributed by atoms with Crippen molar-refractivity contribution in [1.29, 1.82) is 0 Å². The number of hydrogen-bond acceptors (Lipinski definition) is 4. The standard InChI is InChI=1S/C13H8BrNO5/c14-10-5-8(13(17)18)6-11(15(19)20)12(10)7-1-3-9(16)4-2-7/h1-6,16H,(H,17,18)/p-1. The fraction of sp³-hybridized carbons (Fsp3) is 0. The molecule has 0 bridgehead atoms. The average Bonchev–Trinajstić information content (AvgIpc) is 2.39. The predicted octanol–water partition coefficient (Wildman–Crippen LogP) is 2.80. The van der Waals surface area contributed by atoms with E-state index < -0.39 is 10.9 Å². The summed E-state index contributed by atoms with van der Waals surface area (Å²) in [6, 6.07) is 7.77. The minimum Gasteiger partial charge on any atom is -0.872 e. The summed E-state index contributed by atoms with van der Waals surface area (Å²) < 4.78 is 0.280. The Kier molecular flexibility index (Phi) is 3.71. The number of carboxylic acid groups (broad SMARTS) is 1. The molecule has 0 aliphatic heterocycles. The number of nitro groups is 1. The Bertz CT molecular complexity index is 697. The molecule has 0 aliphatic rings. The van der Waals surface area contributed by atoms with Crippen molar-refractivity contribution in [3.8, 4) is 16.9 Å². The van der Waals surface area contributed by atoms with E-state index in [0.717, 1.165) is 6.07 Å². The van der Waals surface area contributed by atoms with E-state index in [4.69, 9.17) is 5.11 Å². The molecule has 0 spiro atoms. The van der Waals surface area contributed by atoms with Crippen LogP contribution in [0.5, 0.6) is 5.75 Å². The molecule has 0 saturated heterocycles. The molecular formula is C13H7BrNO5-. The highest BCUT2D eigenvalue weighted by Crippen LogP contribution is 2.38. The van der Waals surface area contributed by atoms with Crippen LogP contribution in [0.25, 0.3) is 11.1 Å². The maximum atomic E-state index is 11.1. The van der Waals surface area contributed by atoms with Crippen molar-refractivity contribution in [1.82, 2.24) is 0 Å². The highest BCUT2D eigenvalue weighted by molar-refractivity contribution is 9.10. The summed E-state index contributed by atoms with van der Waals surface area (Å²) in [5.41, 5.74) is 0.170.